The van der Waals surface area contributed by atoms with E-state index in [-0.39, 0.29) is 5.56 Å². The summed E-state index contributed by atoms with van der Waals surface area (Å²) in [5.41, 5.74) is 3.69. The predicted molar refractivity (Wildman–Crippen MR) is 80.6 cm³/mol. The van der Waals surface area contributed by atoms with Crippen LogP contribution in [0.2, 0.25) is 0 Å². The molecule has 0 saturated carbocycles. The highest BCUT2D eigenvalue weighted by molar-refractivity contribution is 5.26. The van der Waals surface area contributed by atoms with Crippen molar-refractivity contribution in [1.82, 2.24) is 9.88 Å². The van der Waals surface area contributed by atoms with Gasteiger partial charge >= 0.3 is 0 Å². The minimum atomic E-state index is -0.0149. The molecule has 1 aromatic heterocycles. The van der Waals surface area contributed by atoms with Crippen molar-refractivity contribution in [2.45, 2.75) is 32.4 Å². The molecule has 1 fully saturated rings. The van der Waals surface area contributed by atoms with Gasteiger partial charge in [-0.15, -0.1) is 0 Å². The lowest BCUT2D eigenvalue weighted by Crippen LogP contribution is -2.24. The number of nitrogens with one attached hydrogen (secondary N) is 1. The Bertz CT molecular complexity index is 633. The lowest BCUT2D eigenvalue weighted by molar-refractivity contribution is 0.247. The number of hydrogen-bond donors (Lipinski definition) is 1. The topological polar surface area (TPSA) is 36.1 Å². The van der Waals surface area contributed by atoms with Gasteiger partial charge in [0.2, 0.25) is 5.56 Å². The highest BCUT2D eigenvalue weighted by Gasteiger charge is 2.27. The van der Waals surface area contributed by atoms with E-state index >= 15 is 0 Å². The number of benzene rings is 1. The fourth-order valence-electron chi connectivity index (χ4n) is 3.13. The van der Waals surface area contributed by atoms with Crippen molar-refractivity contribution in [2.24, 2.45) is 0 Å². The van der Waals surface area contributed by atoms with Crippen LogP contribution in [-0.2, 0) is 6.54 Å². The minimum absolute atomic E-state index is 0.0149. The molecule has 1 atom stereocenters. The van der Waals surface area contributed by atoms with Crippen molar-refractivity contribution in [1.29, 1.82) is 0 Å². The minimum Gasteiger partial charge on any atom is -0.329 e. The second-order valence-corrected chi connectivity index (χ2v) is 5.55. The number of nitrogens with zero attached hydrogens (tertiary/aromatic N) is 1. The number of aromatic amines is 1. The van der Waals surface area contributed by atoms with E-state index in [2.05, 4.69) is 40.2 Å². The molecular formula is C17H20N2O. The van der Waals surface area contributed by atoms with E-state index in [1.807, 2.05) is 13.1 Å². The summed E-state index contributed by atoms with van der Waals surface area (Å²) in [6.07, 6.45) is 4.28. The van der Waals surface area contributed by atoms with Crippen molar-refractivity contribution in [3.8, 4) is 0 Å². The van der Waals surface area contributed by atoms with Crippen molar-refractivity contribution in [3.63, 3.8) is 0 Å². The van der Waals surface area contributed by atoms with Gasteiger partial charge in [-0.1, -0.05) is 30.3 Å². The van der Waals surface area contributed by atoms with Crippen LogP contribution in [0.1, 0.15) is 35.6 Å². The van der Waals surface area contributed by atoms with Gasteiger partial charge in [0.05, 0.1) is 0 Å². The van der Waals surface area contributed by atoms with Crippen LogP contribution in [0.5, 0.6) is 0 Å². The fourth-order valence-corrected chi connectivity index (χ4v) is 3.13. The van der Waals surface area contributed by atoms with Crippen molar-refractivity contribution in [2.75, 3.05) is 6.54 Å². The van der Waals surface area contributed by atoms with E-state index in [1.165, 1.54) is 24.0 Å². The number of aromatic nitrogens is 1. The molecule has 0 radical (unpaired) electrons. The number of aryl methyl sites for hydroxylation is 1. The summed E-state index contributed by atoms with van der Waals surface area (Å²) >= 11 is 0. The van der Waals surface area contributed by atoms with Gasteiger partial charge in [0.15, 0.2) is 0 Å². The maximum Gasteiger partial charge on any atom is 0.248 e. The molecule has 0 spiro atoms. The van der Waals surface area contributed by atoms with Crippen LogP contribution in [0.3, 0.4) is 0 Å². The second-order valence-electron chi connectivity index (χ2n) is 5.55. The van der Waals surface area contributed by atoms with Crippen LogP contribution >= 0.6 is 0 Å². The van der Waals surface area contributed by atoms with E-state index in [0.29, 0.717) is 6.04 Å². The van der Waals surface area contributed by atoms with Crippen LogP contribution in [0.4, 0.5) is 0 Å². The van der Waals surface area contributed by atoms with Gasteiger partial charge < -0.3 is 4.98 Å². The molecule has 0 aliphatic carbocycles. The molecule has 1 aliphatic rings. The monoisotopic (exact) mass is 268 g/mol. The Hall–Kier alpha value is -1.87. The van der Waals surface area contributed by atoms with Crippen LogP contribution in [0.25, 0.3) is 0 Å². The number of H-pyrrole nitrogens is 1. The molecular weight excluding hydrogens is 248 g/mol. The van der Waals surface area contributed by atoms with Gasteiger partial charge in [-0.25, -0.2) is 0 Å². The molecule has 2 heterocycles. The molecule has 2 aromatic rings. The van der Waals surface area contributed by atoms with Gasteiger partial charge in [0, 0.05) is 24.8 Å². The van der Waals surface area contributed by atoms with Crippen LogP contribution in [0.15, 0.2) is 47.4 Å². The first-order valence-corrected chi connectivity index (χ1v) is 7.21. The Morgan fingerprint density at radius 2 is 2.10 bits per heavy atom. The zero-order chi connectivity index (χ0) is 13.9. The van der Waals surface area contributed by atoms with Crippen molar-refractivity contribution < 1.29 is 0 Å². The Balaban J connectivity index is 1.83. The summed E-state index contributed by atoms with van der Waals surface area (Å²) in [5, 5.41) is 0. The zero-order valence-corrected chi connectivity index (χ0v) is 11.8. The SMILES string of the molecule is Cc1cc(=O)[nH]cc1C1CCCN1Cc1ccccc1. The summed E-state index contributed by atoms with van der Waals surface area (Å²) in [6, 6.07) is 12.7. The van der Waals surface area contributed by atoms with Crippen LogP contribution in [0, 0.1) is 6.92 Å². The molecule has 3 nitrogen and oxygen atoms in total. The van der Waals surface area contributed by atoms with E-state index < -0.39 is 0 Å². The average molecular weight is 268 g/mol. The molecule has 3 rings (SSSR count). The summed E-state index contributed by atoms with van der Waals surface area (Å²) in [5.74, 6) is 0. The number of pyridine rings is 1. The van der Waals surface area contributed by atoms with E-state index in [9.17, 15) is 4.79 Å². The Labute approximate surface area is 119 Å². The van der Waals surface area contributed by atoms with Gasteiger partial charge in [-0.3, -0.25) is 9.69 Å². The van der Waals surface area contributed by atoms with Crippen molar-refractivity contribution in [3.05, 3.63) is 69.6 Å². The molecule has 1 aliphatic heterocycles. The summed E-state index contributed by atoms with van der Waals surface area (Å²) < 4.78 is 0. The van der Waals surface area contributed by atoms with Gasteiger partial charge in [-0.2, -0.15) is 0 Å². The molecule has 0 amide bonds. The molecule has 104 valence electrons. The molecule has 1 aromatic carbocycles. The third-order valence-electron chi connectivity index (χ3n) is 4.12. The first-order valence-electron chi connectivity index (χ1n) is 7.21. The number of likely N-dealkylation sites (tertiary alicyclic amines) is 1. The van der Waals surface area contributed by atoms with Gasteiger partial charge in [0.1, 0.15) is 0 Å². The largest absolute Gasteiger partial charge is 0.329 e. The van der Waals surface area contributed by atoms with E-state index in [4.69, 9.17) is 0 Å². The fraction of sp³-hybridized carbons (Fsp3) is 0.353. The third-order valence-corrected chi connectivity index (χ3v) is 4.12. The molecule has 1 N–H and O–H groups in total. The Morgan fingerprint density at radius 1 is 1.30 bits per heavy atom. The normalized spacial score (nSPS) is 19.4. The highest BCUT2D eigenvalue weighted by atomic mass is 16.1. The summed E-state index contributed by atoms with van der Waals surface area (Å²) in [7, 11) is 0. The maximum atomic E-state index is 11.4. The average Bonchev–Trinajstić information content (AvgIpc) is 2.88. The number of rotatable bonds is 3. The molecule has 20 heavy (non-hydrogen) atoms. The van der Waals surface area contributed by atoms with Crippen LogP contribution in [-0.4, -0.2) is 16.4 Å². The Kier molecular flexibility index (Phi) is 3.70. The molecule has 0 bridgehead atoms. The molecule has 1 unspecified atom stereocenters. The van der Waals surface area contributed by atoms with Crippen LogP contribution < -0.4 is 5.56 Å². The quantitative estimate of drug-likeness (QED) is 0.929. The van der Waals surface area contributed by atoms with Gasteiger partial charge in [0.25, 0.3) is 0 Å². The second kappa shape index (κ2) is 5.63. The lowest BCUT2D eigenvalue weighted by atomic mass is 10.0. The lowest BCUT2D eigenvalue weighted by Gasteiger charge is -2.25. The van der Waals surface area contributed by atoms with Crippen molar-refractivity contribution >= 4 is 0 Å². The summed E-state index contributed by atoms with van der Waals surface area (Å²) in [6.45, 7) is 4.13. The smallest absolute Gasteiger partial charge is 0.248 e. The zero-order valence-electron chi connectivity index (χ0n) is 11.8. The van der Waals surface area contributed by atoms with Gasteiger partial charge in [-0.05, 0) is 43.0 Å². The standard InChI is InChI=1S/C17H20N2O/c1-13-10-17(20)18-11-15(13)16-8-5-9-19(16)12-14-6-3-2-4-7-14/h2-4,6-7,10-11,16H,5,8-9,12H2,1H3,(H,18,20). The molecule has 3 heteroatoms. The predicted octanol–water partition coefficient (Wildman–Crippen LogP) is 3.02. The van der Waals surface area contributed by atoms with E-state index in [0.717, 1.165) is 18.7 Å². The summed E-state index contributed by atoms with van der Waals surface area (Å²) in [4.78, 5) is 16.7. The first-order chi connectivity index (χ1) is 9.74. The third kappa shape index (κ3) is 2.68. The molecule has 1 saturated heterocycles. The Morgan fingerprint density at radius 3 is 2.85 bits per heavy atom. The highest BCUT2D eigenvalue weighted by Crippen LogP contribution is 2.33. The first kappa shape index (κ1) is 13.1. The number of hydrogen-bond acceptors (Lipinski definition) is 2. The van der Waals surface area contributed by atoms with E-state index in [1.54, 1.807) is 6.07 Å². The maximum absolute atomic E-state index is 11.4.